The normalized spacial score (nSPS) is 14.9. The molecule has 3 heteroatoms. The van der Waals surface area contributed by atoms with Crippen LogP contribution in [0, 0.1) is 0 Å². The fourth-order valence-corrected chi connectivity index (χ4v) is 13.0. The van der Waals surface area contributed by atoms with Gasteiger partial charge >= 0.3 is 0 Å². The third kappa shape index (κ3) is 4.54. The van der Waals surface area contributed by atoms with E-state index in [-0.39, 0.29) is 6.71 Å². The molecule has 0 atom stereocenters. The number of hydrogen-bond acceptors (Lipinski definition) is 0. The van der Waals surface area contributed by atoms with Gasteiger partial charge in [0.05, 0.1) is 16.4 Å². The SMILES string of the molecule is CC(C)c1ccc2c(c1)-c1cc(C(C)C)ccc1C21c2ccc3c4c2-n2c5c(cc(C(C)C)cc5c5cc(C(C)C)cc1c52)B4c1cc(C(C)C)cc2c4cc(C(C)C)ccc4n-3c12. The van der Waals surface area contributed by atoms with Crippen molar-refractivity contribution in [3.05, 3.63) is 159 Å². The monoisotopic (exact) mass is 830 g/mol. The number of aromatic nitrogens is 2. The fraction of sp³-hybridized carbons (Fsp3) is 0.311. The van der Waals surface area contributed by atoms with E-state index in [1.165, 1.54) is 138 Å². The standard InChI is InChI=1S/C61H59BN2/c1-30(2)36-13-16-48-42(21-36)43-22-37(31(3)4)14-17-49(43)61(48)50-18-20-55-56-60(50)64-57-46(24-39(33(7)8)27-51(57)61)47-26-41(35(11)12)29-53(59(47)64)62(56)52-28-40(34(9)10)25-45-44-23-38(32(5)6)15-19-54(44)63(55)58(45)52/h13-35H,1-12H3. The van der Waals surface area contributed by atoms with E-state index in [0.717, 1.165) is 0 Å². The van der Waals surface area contributed by atoms with Crippen LogP contribution in [0.4, 0.5) is 0 Å². The summed E-state index contributed by atoms with van der Waals surface area (Å²) in [5.41, 5.74) is 29.2. The summed E-state index contributed by atoms with van der Waals surface area (Å²) in [6.07, 6.45) is 0. The summed E-state index contributed by atoms with van der Waals surface area (Å²) < 4.78 is 5.47. The maximum Gasteiger partial charge on any atom is 0.252 e. The van der Waals surface area contributed by atoms with Crippen molar-refractivity contribution in [2.75, 3.05) is 0 Å². The molecule has 4 aliphatic rings. The molecular weight excluding hydrogens is 771 g/mol. The van der Waals surface area contributed by atoms with Crippen LogP contribution in [0.2, 0.25) is 0 Å². The van der Waals surface area contributed by atoms with Crippen LogP contribution in [0.15, 0.2) is 103 Å². The summed E-state index contributed by atoms with van der Waals surface area (Å²) in [6, 6.07) is 43.1. The Balaban J connectivity index is 1.29. The van der Waals surface area contributed by atoms with Crippen LogP contribution in [-0.2, 0) is 5.41 Å². The molecule has 0 unspecified atom stereocenters. The van der Waals surface area contributed by atoms with E-state index in [9.17, 15) is 0 Å². The molecule has 0 saturated carbocycles. The Morgan fingerprint density at radius 2 is 0.812 bits per heavy atom. The molecule has 1 spiro atoms. The number of fused-ring (bicyclic) bond motifs is 14. The van der Waals surface area contributed by atoms with Gasteiger partial charge in [0, 0.05) is 44.0 Å². The second-order valence-electron chi connectivity index (χ2n) is 22.0. The summed E-state index contributed by atoms with van der Waals surface area (Å²) in [5.74, 6) is 2.48. The van der Waals surface area contributed by atoms with Gasteiger partial charge in [0.2, 0.25) is 0 Å². The summed E-state index contributed by atoms with van der Waals surface area (Å²) >= 11 is 0. The average molecular weight is 831 g/mol. The lowest BCUT2D eigenvalue weighted by Gasteiger charge is -2.44. The topological polar surface area (TPSA) is 9.86 Å². The molecule has 0 amide bonds. The predicted octanol–water partition coefficient (Wildman–Crippen LogP) is 14.4. The van der Waals surface area contributed by atoms with E-state index in [2.05, 4.69) is 195 Å². The minimum atomic E-state index is -0.503. The molecule has 5 heterocycles. The molecule has 1 aliphatic carbocycles. The largest absolute Gasteiger partial charge is 0.310 e. The van der Waals surface area contributed by atoms with Crippen molar-refractivity contribution in [1.82, 2.24) is 9.13 Å². The van der Waals surface area contributed by atoms with Gasteiger partial charge in [-0.3, -0.25) is 0 Å². The first-order valence-corrected chi connectivity index (χ1v) is 24.5. The van der Waals surface area contributed by atoms with Crippen molar-refractivity contribution in [2.24, 2.45) is 0 Å². The second-order valence-corrected chi connectivity index (χ2v) is 22.0. The Labute approximate surface area is 379 Å². The van der Waals surface area contributed by atoms with Crippen LogP contribution < -0.4 is 16.4 Å². The lowest BCUT2D eigenvalue weighted by molar-refractivity contribution is 0.741. The van der Waals surface area contributed by atoms with Gasteiger partial charge in [-0.2, -0.15) is 0 Å². The van der Waals surface area contributed by atoms with Crippen LogP contribution >= 0.6 is 0 Å². The molecule has 0 bridgehead atoms. The molecule has 7 aromatic carbocycles. The molecule has 13 rings (SSSR count). The first-order chi connectivity index (χ1) is 30.7. The molecule has 316 valence electrons. The van der Waals surface area contributed by atoms with Gasteiger partial charge in [-0.1, -0.05) is 150 Å². The van der Waals surface area contributed by atoms with E-state index in [1.54, 1.807) is 0 Å². The van der Waals surface area contributed by atoms with Crippen molar-refractivity contribution in [2.45, 2.75) is 124 Å². The van der Waals surface area contributed by atoms with Gasteiger partial charge in [0.25, 0.3) is 6.71 Å². The van der Waals surface area contributed by atoms with Gasteiger partial charge in [-0.05, 0) is 155 Å². The minimum Gasteiger partial charge on any atom is -0.310 e. The highest BCUT2D eigenvalue weighted by molar-refractivity contribution is 7.00. The summed E-state index contributed by atoms with van der Waals surface area (Å²) in [5, 5.41) is 5.58. The molecule has 9 aromatic rings. The maximum absolute atomic E-state index is 2.79. The Morgan fingerprint density at radius 3 is 1.36 bits per heavy atom. The van der Waals surface area contributed by atoms with E-state index < -0.39 is 5.41 Å². The summed E-state index contributed by atoms with van der Waals surface area (Å²) in [7, 11) is 0. The van der Waals surface area contributed by atoms with E-state index in [1.807, 2.05) is 0 Å². The first-order valence-electron chi connectivity index (χ1n) is 24.5. The number of benzene rings is 7. The minimum absolute atomic E-state index is 0.0840. The predicted molar refractivity (Wildman–Crippen MR) is 275 cm³/mol. The van der Waals surface area contributed by atoms with E-state index in [4.69, 9.17) is 0 Å². The third-order valence-electron chi connectivity index (χ3n) is 16.5. The molecule has 2 nitrogen and oxygen atoms in total. The van der Waals surface area contributed by atoms with Crippen LogP contribution in [0.3, 0.4) is 0 Å². The maximum atomic E-state index is 2.79. The lowest BCUT2D eigenvalue weighted by Crippen LogP contribution is -2.60. The molecule has 0 radical (unpaired) electrons. The Morgan fingerprint density at radius 1 is 0.375 bits per heavy atom. The van der Waals surface area contributed by atoms with Crippen molar-refractivity contribution < 1.29 is 0 Å². The van der Waals surface area contributed by atoms with Crippen molar-refractivity contribution in [3.8, 4) is 22.5 Å². The summed E-state index contributed by atoms with van der Waals surface area (Å²) in [6.45, 7) is 28.4. The van der Waals surface area contributed by atoms with Gasteiger partial charge in [-0.15, -0.1) is 0 Å². The zero-order valence-electron chi connectivity index (χ0n) is 39.8. The van der Waals surface area contributed by atoms with Gasteiger partial charge in [0.15, 0.2) is 0 Å². The van der Waals surface area contributed by atoms with E-state index >= 15 is 0 Å². The first kappa shape index (κ1) is 38.6. The Bertz CT molecular complexity index is 3520. The third-order valence-corrected chi connectivity index (χ3v) is 16.5. The molecular formula is C61H59BN2. The quantitative estimate of drug-likeness (QED) is 0.148. The zero-order valence-corrected chi connectivity index (χ0v) is 39.8. The highest BCUT2D eigenvalue weighted by atomic mass is 15.1. The fourth-order valence-electron chi connectivity index (χ4n) is 13.0. The van der Waals surface area contributed by atoms with Crippen LogP contribution in [0.25, 0.3) is 66.1 Å². The highest BCUT2D eigenvalue weighted by Gasteiger charge is 2.54. The van der Waals surface area contributed by atoms with Gasteiger partial charge in [-0.25, -0.2) is 0 Å². The van der Waals surface area contributed by atoms with Gasteiger partial charge < -0.3 is 9.13 Å². The van der Waals surface area contributed by atoms with Crippen molar-refractivity contribution in [3.63, 3.8) is 0 Å². The van der Waals surface area contributed by atoms with Gasteiger partial charge in [0.1, 0.15) is 0 Å². The molecule has 2 aromatic heterocycles. The Kier molecular flexibility index (Phi) is 7.68. The number of hydrogen-bond donors (Lipinski definition) is 0. The van der Waals surface area contributed by atoms with Crippen molar-refractivity contribution >= 4 is 66.7 Å². The zero-order chi connectivity index (χ0) is 44.2. The molecule has 0 saturated heterocycles. The second kappa shape index (κ2) is 12.7. The van der Waals surface area contributed by atoms with Crippen LogP contribution in [-0.4, -0.2) is 15.8 Å². The van der Waals surface area contributed by atoms with Crippen LogP contribution in [0.5, 0.6) is 0 Å². The number of rotatable bonds is 6. The average Bonchev–Trinajstić information content (AvgIpc) is 3.89. The number of nitrogens with zero attached hydrogens (tertiary/aromatic N) is 2. The molecule has 0 N–H and O–H groups in total. The molecule has 64 heavy (non-hydrogen) atoms. The van der Waals surface area contributed by atoms with Crippen molar-refractivity contribution in [1.29, 1.82) is 0 Å². The summed E-state index contributed by atoms with van der Waals surface area (Å²) in [4.78, 5) is 0. The molecule has 0 fully saturated rings. The van der Waals surface area contributed by atoms with Crippen LogP contribution in [0.1, 0.15) is 174 Å². The van der Waals surface area contributed by atoms with E-state index in [0.29, 0.717) is 35.5 Å². The lowest BCUT2D eigenvalue weighted by atomic mass is 9.33. The Hall–Kier alpha value is -5.80. The highest BCUT2D eigenvalue weighted by Crippen LogP contribution is 2.62. The molecule has 3 aliphatic heterocycles. The smallest absolute Gasteiger partial charge is 0.252 e.